The van der Waals surface area contributed by atoms with E-state index in [0.29, 0.717) is 23.3 Å². The van der Waals surface area contributed by atoms with Crippen LogP contribution in [0.5, 0.6) is 5.75 Å². The highest BCUT2D eigenvalue weighted by Crippen LogP contribution is 2.37. The predicted octanol–water partition coefficient (Wildman–Crippen LogP) is 6.67. The van der Waals surface area contributed by atoms with Gasteiger partial charge in [-0.1, -0.05) is 75.2 Å². The van der Waals surface area contributed by atoms with Crippen LogP contribution in [0.25, 0.3) is 0 Å². The molecule has 0 fully saturated rings. The summed E-state index contributed by atoms with van der Waals surface area (Å²) in [5.41, 5.74) is 3.07. The molecule has 1 amide bonds. The summed E-state index contributed by atoms with van der Waals surface area (Å²) in [5, 5.41) is 11.9. The first-order chi connectivity index (χ1) is 17.6. The van der Waals surface area contributed by atoms with E-state index in [1.165, 1.54) is 0 Å². The molecule has 1 aliphatic heterocycles. The van der Waals surface area contributed by atoms with E-state index in [0.717, 1.165) is 60.6 Å². The Bertz CT molecular complexity index is 1170. The molecule has 8 heteroatoms. The standard InChI is InChI=1S/C28H35N5O2S/c1-4-6-11-18-35-23-16-14-21(15-17-23)25-24(26(34)30-22-12-9-8-10-13-22)20(3)29-27-31-28(32-33(25)27)36-19-7-5-2/h8-10,12-17,25H,4-7,11,18-19H2,1-3H3,(H,30,34)(H,29,31,32). The second kappa shape index (κ2) is 12.6. The van der Waals surface area contributed by atoms with E-state index in [1.807, 2.05) is 66.2 Å². The smallest absolute Gasteiger partial charge is 0.255 e. The molecule has 4 rings (SSSR count). The Hall–Kier alpha value is -3.26. The molecule has 0 saturated carbocycles. The molecule has 0 spiro atoms. The second-order valence-corrected chi connectivity index (χ2v) is 9.94. The van der Waals surface area contributed by atoms with Crippen molar-refractivity contribution in [3.05, 3.63) is 71.4 Å². The van der Waals surface area contributed by atoms with Crippen molar-refractivity contribution in [2.45, 2.75) is 64.1 Å². The lowest BCUT2D eigenvalue weighted by Gasteiger charge is -2.28. The Morgan fingerprint density at radius 3 is 2.53 bits per heavy atom. The average Bonchev–Trinajstić information content (AvgIpc) is 3.29. The van der Waals surface area contributed by atoms with Gasteiger partial charge in [-0.2, -0.15) is 4.98 Å². The lowest BCUT2D eigenvalue weighted by atomic mass is 9.95. The third-order valence-electron chi connectivity index (χ3n) is 6.05. The number of fused-ring (bicyclic) bond motifs is 1. The number of aromatic nitrogens is 3. The van der Waals surface area contributed by atoms with Crippen LogP contribution in [0.15, 0.2) is 71.0 Å². The largest absolute Gasteiger partial charge is 0.494 e. The summed E-state index contributed by atoms with van der Waals surface area (Å²) in [5.74, 6) is 2.27. The summed E-state index contributed by atoms with van der Waals surface area (Å²) in [6.07, 6.45) is 5.59. The van der Waals surface area contributed by atoms with Crippen molar-refractivity contribution in [3.63, 3.8) is 0 Å². The van der Waals surface area contributed by atoms with Gasteiger partial charge in [0.15, 0.2) is 0 Å². The van der Waals surface area contributed by atoms with Crippen LogP contribution in [-0.4, -0.2) is 33.0 Å². The number of amides is 1. The number of nitrogens with one attached hydrogen (secondary N) is 2. The van der Waals surface area contributed by atoms with Gasteiger partial charge in [0, 0.05) is 17.1 Å². The third kappa shape index (κ3) is 6.29. The zero-order chi connectivity index (χ0) is 25.3. The number of ether oxygens (including phenoxy) is 1. The number of anilines is 2. The Balaban J connectivity index is 1.64. The molecule has 2 heterocycles. The topological polar surface area (TPSA) is 81.1 Å². The quantitative estimate of drug-likeness (QED) is 0.211. The van der Waals surface area contributed by atoms with E-state index in [4.69, 9.17) is 14.8 Å². The monoisotopic (exact) mass is 505 g/mol. The van der Waals surface area contributed by atoms with E-state index in [9.17, 15) is 4.79 Å². The molecule has 0 radical (unpaired) electrons. The van der Waals surface area contributed by atoms with Crippen LogP contribution in [0.3, 0.4) is 0 Å². The SMILES string of the molecule is CCCCCOc1ccc(C2C(C(=O)Nc3ccccc3)=C(C)Nc3nc(SCCCC)nn32)cc1. The van der Waals surface area contributed by atoms with Crippen LogP contribution >= 0.6 is 11.8 Å². The fraction of sp³-hybridized carbons (Fsp3) is 0.393. The summed E-state index contributed by atoms with van der Waals surface area (Å²) in [6.45, 7) is 6.98. The van der Waals surface area contributed by atoms with Crippen LogP contribution in [0, 0.1) is 0 Å². The maximum absolute atomic E-state index is 13.6. The molecular weight excluding hydrogens is 470 g/mol. The summed E-state index contributed by atoms with van der Waals surface area (Å²) < 4.78 is 7.74. The summed E-state index contributed by atoms with van der Waals surface area (Å²) in [7, 11) is 0. The lowest BCUT2D eigenvalue weighted by molar-refractivity contribution is -0.113. The molecular formula is C28H35N5O2S. The number of benzene rings is 2. The van der Waals surface area contributed by atoms with Gasteiger partial charge in [0.05, 0.1) is 12.2 Å². The summed E-state index contributed by atoms with van der Waals surface area (Å²) in [4.78, 5) is 18.3. The Labute approximate surface area is 217 Å². The molecule has 1 aromatic heterocycles. The van der Waals surface area contributed by atoms with Crippen molar-refractivity contribution in [1.29, 1.82) is 0 Å². The maximum Gasteiger partial charge on any atom is 0.255 e. The van der Waals surface area contributed by atoms with Gasteiger partial charge in [-0.05, 0) is 49.6 Å². The highest BCUT2D eigenvalue weighted by atomic mass is 32.2. The van der Waals surface area contributed by atoms with Crippen molar-refractivity contribution in [2.75, 3.05) is 23.0 Å². The van der Waals surface area contributed by atoms with Crippen molar-refractivity contribution < 1.29 is 9.53 Å². The minimum absolute atomic E-state index is 0.169. The van der Waals surface area contributed by atoms with Crippen LogP contribution < -0.4 is 15.4 Å². The van der Waals surface area contributed by atoms with Crippen LogP contribution in [0.1, 0.15) is 64.5 Å². The predicted molar refractivity (Wildman–Crippen MR) is 147 cm³/mol. The first-order valence-electron chi connectivity index (χ1n) is 12.8. The van der Waals surface area contributed by atoms with Crippen molar-refractivity contribution in [1.82, 2.24) is 14.8 Å². The van der Waals surface area contributed by atoms with Gasteiger partial charge >= 0.3 is 0 Å². The van der Waals surface area contributed by atoms with Crippen molar-refractivity contribution >= 4 is 29.3 Å². The van der Waals surface area contributed by atoms with Crippen molar-refractivity contribution in [2.24, 2.45) is 0 Å². The van der Waals surface area contributed by atoms with Crippen LogP contribution in [0.2, 0.25) is 0 Å². The number of carbonyl (C=O) groups excluding carboxylic acids is 1. The summed E-state index contributed by atoms with van der Waals surface area (Å²) >= 11 is 1.64. The zero-order valence-electron chi connectivity index (χ0n) is 21.3. The van der Waals surface area contributed by atoms with E-state index < -0.39 is 6.04 Å². The minimum atomic E-state index is -0.410. The number of thioether (sulfide) groups is 1. The number of nitrogens with zero attached hydrogens (tertiary/aromatic N) is 3. The normalized spacial score (nSPS) is 14.8. The average molecular weight is 506 g/mol. The molecule has 36 heavy (non-hydrogen) atoms. The molecule has 0 aliphatic carbocycles. The third-order valence-corrected chi connectivity index (χ3v) is 6.97. The highest BCUT2D eigenvalue weighted by Gasteiger charge is 2.34. The van der Waals surface area contributed by atoms with Gasteiger partial charge in [-0.3, -0.25) is 4.79 Å². The highest BCUT2D eigenvalue weighted by molar-refractivity contribution is 7.99. The summed E-state index contributed by atoms with van der Waals surface area (Å²) in [6, 6.07) is 17.1. The number of unbranched alkanes of at least 4 members (excludes halogenated alkanes) is 3. The fourth-order valence-electron chi connectivity index (χ4n) is 4.11. The van der Waals surface area contributed by atoms with E-state index >= 15 is 0 Å². The zero-order valence-corrected chi connectivity index (χ0v) is 22.1. The molecule has 0 saturated heterocycles. The van der Waals surface area contributed by atoms with Gasteiger partial charge in [0.1, 0.15) is 11.8 Å². The van der Waals surface area contributed by atoms with Gasteiger partial charge < -0.3 is 15.4 Å². The maximum atomic E-state index is 13.6. The van der Waals surface area contributed by atoms with E-state index in [-0.39, 0.29) is 5.91 Å². The molecule has 1 atom stereocenters. The van der Waals surface area contributed by atoms with Gasteiger partial charge in [-0.15, -0.1) is 5.10 Å². The number of carbonyl (C=O) groups is 1. The number of allylic oxidation sites excluding steroid dienone is 1. The van der Waals surface area contributed by atoms with Crippen LogP contribution in [0.4, 0.5) is 11.6 Å². The molecule has 3 aromatic rings. The number of hydrogen-bond donors (Lipinski definition) is 2. The number of para-hydroxylation sites is 1. The van der Waals surface area contributed by atoms with Crippen LogP contribution in [-0.2, 0) is 4.79 Å². The Morgan fingerprint density at radius 1 is 1.06 bits per heavy atom. The van der Waals surface area contributed by atoms with Gasteiger partial charge in [0.25, 0.3) is 5.91 Å². The Morgan fingerprint density at radius 2 is 1.81 bits per heavy atom. The van der Waals surface area contributed by atoms with Gasteiger partial charge in [-0.25, -0.2) is 4.68 Å². The molecule has 190 valence electrons. The molecule has 7 nitrogen and oxygen atoms in total. The first-order valence-corrected chi connectivity index (χ1v) is 13.8. The van der Waals surface area contributed by atoms with E-state index in [1.54, 1.807) is 11.8 Å². The molecule has 2 N–H and O–H groups in total. The molecule has 1 aliphatic rings. The fourth-order valence-corrected chi connectivity index (χ4v) is 5.02. The lowest BCUT2D eigenvalue weighted by Crippen LogP contribution is -2.31. The molecule has 2 aromatic carbocycles. The second-order valence-electron chi connectivity index (χ2n) is 8.88. The van der Waals surface area contributed by atoms with E-state index in [2.05, 4.69) is 24.5 Å². The number of hydrogen-bond acceptors (Lipinski definition) is 6. The molecule has 0 bridgehead atoms. The number of rotatable bonds is 12. The van der Waals surface area contributed by atoms with Gasteiger partial charge in [0.2, 0.25) is 11.1 Å². The first kappa shape index (κ1) is 25.8. The minimum Gasteiger partial charge on any atom is -0.494 e. The Kier molecular flexibility index (Phi) is 9.06. The molecule has 1 unspecified atom stereocenters. The van der Waals surface area contributed by atoms with Crippen molar-refractivity contribution in [3.8, 4) is 5.75 Å².